The van der Waals surface area contributed by atoms with E-state index < -0.39 is 0 Å². The molecule has 1 N–H and O–H groups in total. The van der Waals surface area contributed by atoms with Gasteiger partial charge in [0.2, 0.25) is 0 Å². The second-order valence-corrected chi connectivity index (χ2v) is 6.33. The molecule has 0 unspecified atom stereocenters. The second-order valence-electron chi connectivity index (χ2n) is 6.33. The van der Waals surface area contributed by atoms with E-state index in [9.17, 15) is 0 Å². The van der Waals surface area contributed by atoms with E-state index >= 15 is 0 Å². The van der Waals surface area contributed by atoms with Crippen LogP contribution in [0.15, 0.2) is 29.3 Å². The predicted molar refractivity (Wildman–Crippen MR) is 118 cm³/mol. The van der Waals surface area contributed by atoms with Crippen LogP contribution in [0.2, 0.25) is 0 Å². The normalized spacial score (nSPS) is 11.2. The van der Waals surface area contributed by atoms with Crippen molar-refractivity contribution in [3.63, 3.8) is 0 Å². The highest BCUT2D eigenvalue weighted by Gasteiger charge is 2.05. The van der Waals surface area contributed by atoms with E-state index in [-0.39, 0.29) is 24.0 Å². The molecule has 6 heteroatoms. The summed E-state index contributed by atoms with van der Waals surface area (Å²) in [5.41, 5.74) is 1.22. The summed E-state index contributed by atoms with van der Waals surface area (Å²) < 4.78 is 5.76. The number of ether oxygens (including phenoxy) is 1. The van der Waals surface area contributed by atoms with Gasteiger partial charge in [-0.15, -0.1) is 24.0 Å². The molecular formula is C19H35IN4O. The van der Waals surface area contributed by atoms with Crippen LogP contribution < -0.4 is 10.1 Å². The van der Waals surface area contributed by atoms with Crippen molar-refractivity contribution in [2.24, 2.45) is 4.99 Å². The zero-order valence-electron chi connectivity index (χ0n) is 16.4. The Balaban J connectivity index is 0.00000576. The van der Waals surface area contributed by atoms with E-state index in [0.29, 0.717) is 0 Å². The van der Waals surface area contributed by atoms with Crippen molar-refractivity contribution in [3.05, 3.63) is 29.8 Å². The van der Waals surface area contributed by atoms with Crippen LogP contribution in [0.1, 0.15) is 31.7 Å². The topological polar surface area (TPSA) is 40.1 Å². The SMILES string of the molecule is CCCCN(C)C(=NC)NCc1ccc(OCCCN(C)C)cc1.I. The molecule has 0 bridgehead atoms. The Morgan fingerprint density at radius 2 is 1.76 bits per heavy atom. The molecule has 25 heavy (non-hydrogen) atoms. The minimum absolute atomic E-state index is 0. The Labute approximate surface area is 170 Å². The number of aliphatic imine (C=N–C) groups is 1. The van der Waals surface area contributed by atoms with E-state index in [4.69, 9.17) is 4.74 Å². The van der Waals surface area contributed by atoms with Crippen LogP contribution in [0.25, 0.3) is 0 Å². The molecule has 0 aliphatic carbocycles. The second kappa shape index (κ2) is 14.2. The fraction of sp³-hybridized carbons (Fsp3) is 0.632. The van der Waals surface area contributed by atoms with Crippen molar-refractivity contribution in [1.29, 1.82) is 0 Å². The highest BCUT2D eigenvalue weighted by Crippen LogP contribution is 2.12. The van der Waals surface area contributed by atoms with Gasteiger partial charge in [-0.05, 0) is 44.6 Å². The molecule has 0 saturated carbocycles. The van der Waals surface area contributed by atoms with Crippen LogP contribution >= 0.6 is 24.0 Å². The number of hydrogen-bond acceptors (Lipinski definition) is 3. The van der Waals surface area contributed by atoms with Gasteiger partial charge in [0.25, 0.3) is 0 Å². The van der Waals surface area contributed by atoms with Crippen molar-refractivity contribution >= 4 is 29.9 Å². The summed E-state index contributed by atoms with van der Waals surface area (Å²) in [6.07, 6.45) is 3.41. The fourth-order valence-electron chi connectivity index (χ4n) is 2.34. The molecule has 0 saturated heterocycles. The molecule has 1 aromatic rings. The summed E-state index contributed by atoms with van der Waals surface area (Å²) in [5, 5.41) is 3.41. The Hall–Kier alpha value is -1.02. The van der Waals surface area contributed by atoms with Crippen LogP contribution in [-0.2, 0) is 6.54 Å². The molecule has 0 radical (unpaired) electrons. The maximum absolute atomic E-state index is 5.76. The van der Waals surface area contributed by atoms with Crippen LogP contribution in [0.4, 0.5) is 0 Å². The molecule has 0 amide bonds. The quantitative estimate of drug-likeness (QED) is 0.250. The van der Waals surface area contributed by atoms with Crippen molar-refractivity contribution in [3.8, 4) is 5.75 Å². The number of unbranched alkanes of at least 4 members (excludes halogenated alkanes) is 1. The summed E-state index contributed by atoms with van der Waals surface area (Å²) in [6.45, 7) is 5.80. The predicted octanol–water partition coefficient (Wildman–Crippen LogP) is 3.44. The molecule has 0 aliphatic rings. The summed E-state index contributed by atoms with van der Waals surface area (Å²) in [4.78, 5) is 8.68. The fourth-order valence-corrected chi connectivity index (χ4v) is 2.34. The van der Waals surface area contributed by atoms with Gasteiger partial charge >= 0.3 is 0 Å². The third-order valence-electron chi connectivity index (χ3n) is 3.81. The molecular weight excluding hydrogens is 427 g/mol. The summed E-state index contributed by atoms with van der Waals surface area (Å²) >= 11 is 0. The average Bonchev–Trinajstić information content (AvgIpc) is 2.58. The van der Waals surface area contributed by atoms with E-state index in [1.54, 1.807) is 0 Å². The van der Waals surface area contributed by atoms with Crippen LogP contribution in [0, 0.1) is 0 Å². The highest BCUT2D eigenvalue weighted by molar-refractivity contribution is 14.0. The first-order valence-corrected chi connectivity index (χ1v) is 8.85. The smallest absolute Gasteiger partial charge is 0.193 e. The molecule has 0 fully saturated rings. The van der Waals surface area contributed by atoms with Gasteiger partial charge in [-0.2, -0.15) is 0 Å². The van der Waals surface area contributed by atoms with Crippen LogP contribution in [0.5, 0.6) is 5.75 Å². The lowest BCUT2D eigenvalue weighted by Gasteiger charge is -2.21. The van der Waals surface area contributed by atoms with Gasteiger partial charge < -0.3 is 19.9 Å². The molecule has 0 atom stereocenters. The highest BCUT2D eigenvalue weighted by atomic mass is 127. The van der Waals surface area contributed by atoms with Gasteiger partial charge in [-0.25, -0.2) is 0 Å². The van der Waals surface area contributed by atoms with E-state index in [2.05, 4.69) is 60.3 Å². The lowest BCUT2D eigenvalue weighted by molar-refractivity contribution is 0.281. The Bertz CT molecular complexity index is 477. The minimum Gasteiger partial charge on any atom is -0.494 e. The molecule has 0 aliphatic heterocycles. The number of rotatable bonds is 10. The standard InChI is InChI=1S/C19H34N4O.HI/c1-6-7-14-23(5)19(20-2)21-16-17-9-11-18(12-10-17)24-15-8-13-22(3)4;/h9-12H,6-8,13-16H2,1-5H3,(H,20,21);1H. The maximum atomic E-state index is 5.76. The van der Waals surface area contributed by atoms with Crippen molar-refractivity contribution in [1.82, 2.24) is 15.1 Å². The molecule has 0 heterocycles. The van der Waals surface area contributed by atoms with E-state index in [0.717, 1.165) is 44.4 Å². The van der Waals surface area contributed by atoms with Gasteiger partial charge in [0.15, 0.2) is 5.96 Å². The van der Waals surface area contributed by atoms with Gasteiger partial charge in [0.05, 0.1) is 6.61 Å². The first kappa shape index (κ1) is 24.0. The largest absolute Gasteiger partial charge is 0.494 e. The molecule has 0 aromatic heterocycles. The van der Waals surface area contributed by atoms with Crippen LogP contribution in [0.3, 0.4) is 0 Å². The van der Waals surface area contributed by atoms with Gasteiger partial charge in [0.1, 0.15) is 5.75 Å². The van der Waals surface area contributed by atoms with Crippen molar-refractivity contribution in [2.45, 2.75) is 32.7 Å². The molecule has 5 nitrogen and oxygen atoms in total. The summed E-state index contributed by atoms with van der Waals surface area (Å²) in [6, 6.07) is 8.29. The molecule has 1 rings (SSSR count). The number of halogens is 1. The Morgan fingerprint density at radius 1 is 1.08 bits per heavy atom. The number of benzene rings is 1. The summed E-state index contributed by atoms with van der Waals surface area (Å²) in [5.74, 6) is 1.87. The van der Waals surface area contributed by atoms with Gasteiger partial charge in [0, 0.05) is 33.7 Å². The van der Waals surface area contributed by atoms with Crippen molar-refractivity contribution in [2.75, 3.05) is 47.9 Å². The van der Waals surface area contributed by atoms with Gasteiger partial charge in [-0.1, -0.05) is 25.5 Å². The van der Waals surface area contributed by atoms with Crippen LogP contribution in [-0.4, -0.2) is 63.6 Å². The zero-order chi connectivity index (χ0) is 17.8. The number of guanidine groups is 1. The first-order valence-electron chi connectivity index (χ1n) is 8.85. The molecule has 1 aromatic carbocycles. The first-order chi connectivity index (χ1) is 11.6. The number of hydrogen-bond donors (Lipinski definition) is 1. The lowest BCUT2D eigenvalue weighted by Crippen LogP contribution is -2.38. The summed E-state index contributed by atoms with van der Waals surface area (Å²) in [7, 11) is 8.07. The minimum atomic E-state index is 0. The van der Waals surface area contributed by atoms with E-state index in [1.165, 1.54) is 18.4 Å². The molecule has 0 spiro atoms. The zero-order valence-corrected chi connectivity index (χ0v) is 18.7. The lowest BCUT2D eigenvalue weighted by atomic mass is 10.2. The van der Waals surface area contributed by atoms with Crippen molar-refractivity contribution < 1.29 is 4.74 Å². The Kier molecular flexibility index (Phi) is 13.6. The molecule has 144 valence electrons. The van der Waals surface area contributed by atoms with Gasteiger partial charge in [-0.3, -0.25) is 4.99 Å². The van der Waals surface area contributed by atoms with E-state index in [1.807, 2.05) is 19.2 Å². The number of nitrogens with one attached hydrogen (secondary N) is 1. The average molecular weight is 462 g/mol. The monoisotopic (exact) mass is 462 g/mol. The Morgan fingerprint density at radius 3 is 2.32 bits per heavy atom. The maximum Gasteiger partial charge on any atom is 0.193 e. The number of nitrogens with zero attached hydrogens (tertiary/aromatic N) is 3. The third kappa shape index (κ3) is 10.5. The third-order valence-corrected chi connectivity index (χ3v) is 3.81.